The minimum atomic E-state index is -3.64. The Morgan fingerprint density at radius 3 is 2.41 bits per heavy atom. The Morgan fingerprint density at radius 2 is 1.76 bits per heavy atom. The first-order valence-corrected chi connectivity index (χ1v) is 11.4. The summed E-state index contributed by atoms with van der Waals surface area (Å²) in [6.07, 6.45) is 3.25. The lowest BCUT2D eigenvalue weighted by Gasteiger charge is -2.38. The van der Waals surface area contributed by atoms with Gasteiger partial charge in [0.2, 0.25) is 0 Å². The summed E-state index contributed by atoms with van der Waals surface area (Å²) in [6.45, 7) is 4.41. The molecule has 1 aliphatic rings. The molecule has 0 bridgehead atoms. The number of aryl methyl sites for hydroxylation is 1. The van der Waals surface area contributed by atoms with Crippen molar-refractivity contribution in [1.82, 2.24) is 4.90 Å². The second-order valence-electron chi connectivity index (χ2n) is 7.54. The molecule has 6 heteroatoms. The van der Waals surface area contributed by atoms with E-state index in [-0.39, 0.29) is 6.04 Å². The van der Waals surface area contributed by atoms with Gasteiger partial charge in [0.05, 0.1) is 23.4 Å². The van der Waals surface area contributed by atoms with Gasteiger partial charge in [0.25, 0.3) is 10.0 Å². The summed E-state index contributed by atoms with van der Waals surface area (Å²) in [5.41, 5.74) is 1.78. The molecule has 1 saturated heterocycles. The van der Waals surface area contributed by atoms with Crippen molar-refractivity contribution in [3.63, 3.8) is 0 Å². The molecule has 2 aromatic carbocycles. The van der Waals surface area contributed by atoms with Crippen LogP contribution in [0.5, 0.6) is 0 Å². The molecular formula is C23H26N2O3S. The molecule has 5 nitrogen and oxygen atoms in total. The predicted octanol–water partition coefficient (Wildman–Crippen LogP) is 4.45. The fourth-order valence-corrected chi connectivity index (χ4v) is 5.67. The number of rotatable bonds is 6. The van der Waals surface area contributed by atoms with E-state index in [2.05, 4.69) is 4.90 Å². The van der Waals surface area contributed by atoms with Crippen LogP contribution in [-0.2, 0) is 16.6 Å². The van der Waals surface area contributed by atoms with Gasteiger partial charge in [0.1, 0.15) is 5.76 Å². The Bertz CT molecular complexity index is 1030. The molecule has 4 rings (SSSR count). The standard InChI is InChI=1S/C23H26N2O3S/c1-19-7-5-8-21(17-19)25(29(26,27)23-10-3-2-4-11-23)20-12-14-24(15-13-20)18-22-9-6-16-28-22/h2-11,16-17,20H,12-15,18H2,1H3. The maximum absolute atomic E-state index is 13.6. The first-order valence-electron chi connectivity index (χ1n) is 9.95. The van der Waals surface area contributed by atoms with Gasteiger partial charge in [-0.2, -0.15) is 0 Å². The summed E-state index contributed by atoms with van der Waals surface area (Å²) in [4.78, 5) is 2.65. The molecule has 0 radical (unpaired) electrons. The van der Waals surface area contributed by atoms with Crippen molar-refractivity contribution in [2.75, 3.05) is 17.4 Å². The largest absolute Gasteiger partial charge is 0.468 e. The topological polar surface area (TPSA) is 53.8 Å². The highest BCUT2D eigenvalue weighted by Crippen LogP contribution is 2.31. The van der Waals surface area contributed by atoms with Crippen molar-refractivity contribution in [3.8, 4) is 0 Å². The highest BCUT2D eigenvalue weighted by atomic mass is 32.2. The van der Waals surface area contributed by atoms with Crippen molar-refractivity contribution in [3.05, 3.63) is 84.3 Å². The lowest BCUT2D eigenvalue weighted by Crippen LogP contribution is -2.47. The molecule has 0 N–H and O–H groups in total. The van der Waals surface area contributed by atoms with Crippen LogP contribution in [0.1, 0.15) is 24.2 Å². The first kappa shape index (κ1) is 19.7. The van der Waals surface area contributed by atoms with Crippen molar-refractivity contribution < 1.29 is 12.8 Å². The van der Waals surface area contributed by atoms with Crippen molar-refractivity contribution >= 4 is 15.7 Å². The number of nitrogens with zero attached hydrogens (tertiary/aromatic N) is 2. The van der Waals surface area contributed by atoms with Gasteiger partial charge >= 0.3 is 0 Å². The number of likely N-dealkylation sites (tertiary alicyclic amines) is 1. The Labute approximate surface area is 172 Å². The molecular weight excluding hydrogens is 384 g/mol. The van der Waals surface area contributed by atoms with Gasteiger partial charge in [0.15, 0.2) is 0 Å². The minimum absolute atomic E-state index is 0.0742. The Balaban J connectivity index is 1.60. The van der Waals surface area contributed by atoms with Gasteiger partial charge in [-0.15, -0.1) is 0 Å². The van der Waals surface area contributed by atoms with E-state index in [4.69, 9.17) is 4.42 Å². The zero-order valence-corrected chi connectivity index (χ0v) is 17.4. The molecule has 29 heavy (non-hydrogen) atoms. The molecule has 1 fully saturated rings. The van der Waals surface area contributed by atoms with Crippen molar-refractivity contribution in [2.45, 2.75) is 37.2 Å². The summed E-state index contributed by atoms with van der Waals surface area (Å²) in [6, 6.07) is 20.3. The number of sulfonamides is 1. The Morgan fingerprint density at radius 1 is 1.00 bits per heavy atom. The Hall–Kier alpha value is -2.57. The second-order valence-corrected chi connectivity index (χ2v) is 9.35. The van der Waals surface area contributed by atoms with Crippen LogP contribution in [-0.4, -0.2) is 32.4 Å². The third-order valence-electron chi connectivity index (χ3n) is 5.40. The number of furan rings is 1. The van der Waals surface area contributed by atoms with E-state index < -0.39 is 10.0 Å². The number of hydrogen-bond donors (Lipinski definition) is 0. The molecule has 2 heterocycles. The third-order valence-corrected chi connectivity index (χ3v) is 7.30. The van der Waals surface area contributed by atoms with E-state index in [1.165, 1.54) is 0 Å². The summed E-state index contributed by atoms with van der Waals surface area (Å²) < 4.78 is 34.3. The fraction of sp³-hybridized carbons (Fsp3) is 0.304. The van der Waals surface area contributed by atoms with Gasteiger partial charge in [-0.25, -0.2) is 8.42 Å². The van der Waals surface area contributed by atoms with Crippen LogP contribution in [0.4, 0.5) is 5.69 Å². The van der Waals surface area contributed by atoms with E-state index in [0.29, 0.717) is 4.90 Å². The normalized spacial score (nSPS) is 16.0. The molecule has 1 aromatic heterocycles. The molecule has 0 aliphatic carbocycles. The van der Waals surface area contributed by atoms with Gasteiger partial charge in [-0.1, -0.05) is 30.3 Å². The maximum atomic E-state index is 13.6. The van der Waals surface area contributed by atoms with Crippen LogP contribution in [0, 0.1) is 6.92 Å². The predicted molar refractivity (Wildman–Crippen MR) is 114 cm³/mol. The van der Waals surface area contributed by atoms with Crippen LogP contribution in [0.2, 0.25) is 0 Å². The molecule has 0 amide bonds. The molecule has 152 valence electrons. The summed E-state index contributed by atoms with van der Waals surface area (Å²) in [7, 11) is -3.64. The SMILES string of the molecule is Cc1cccc(N(C2CCN(Cc3ccco3)CC2)S(=O)(=O)c2ccccc2)c1. The van der Waals surface area contributed by atoms with E-state index in [1.807, 2.05) is 49.4 Å². The van der Waals surface area contributed by atoms with Crippen LogP contribution in [0.15, 0.2) is 82.3 Å². The summed E-state index contributed by atoms with van der Waals surface area (Å²) >= 11 is 0. The van der Waals surface area contributed by atoms with Gasteiger partial charge in [-0.05, 0) is 61.7 Å². The number of hydrogen-bond acceptors (Lipinski definition) is 4. The average molecular weight is 411 g/mol. The lowest BCUT2D eigenvalue weighted by atomic mass is 10.0. The summed E-state index contributed by atoms with van der Waals surface area (Å²) in [5, 5.41) is 0. The van der Waals surface area contributed by atoms with E-state index in [9.17, 15) is 8.42 Å². The molecule has 0 atom stereocenters. The van der Waals surface area contributed by atoms with Crippen LogP contribution >= 0.6 is 0 Å². The number of anilines is 1. The number of benzene rings is 2. The molecule has 0 unspecified atom stereocenters. The van der Waals surface area contributed by atoms with E-state index >= 15 is 0 Å². The van der Waals surface area contributed by atoms with Crippen LogP contribution in [0.25, 0.3) is 0 Å². The molecule has 3 aromatic rings. The van der Waals surface area contributed by atoms with E-state index in [1.54, 1.807) is 34.8 Å². The zero-order valence-electron chi connectivity index (χ0n) is 16.6. The monoisotopic (exact) mass is 410 g/mol. The highest BCUT2D eigenvalue weighted by Gasteiger charge is 2.34. The quantitative estimate of drug-likeness (QED) is 0.603. The average Bonchev–Trinajstić information content (AvgIpc) is 3.23. The lowest BCUT2D eigenvalue weighted by molar-refractivity contribution is 0.193. The fourth-order valence-electron chi connectivity index (χ4n) is 3.95. The summed E-state index contributed by atoms with van der Waals surface area (Å²) in [5.74, 6) is 0.941. The maximum Gasteiger partial charge on any atom is 0.264 e. The first-order chi connectivity index (χ1) is 14.0. The highest BCUT2D eigenvalue weighted by molar-refractivity contribution is 7.92. The molecule has 0 spiro atoms. The minimum Gasteiger partial charge on any atom is -0.468 e. The smallest absolute Gasteiger partial charge is 0.264 e. The molecule has 0 saturated carbocycles. The molecule has 1 aliphatic heterocycles. The van der Waals surface area contributed by atoms with E-state index in [0.717, 1.165) is 49.5 Å². The Kier molecular flexibility index (Phi) is 5.74. The van der Waals surface area contributed by atoms with Crippen LogP contribution in [0.3, 0.4) is 0 Å². The second kappa shape index (κ2) is 8.43. The third kappa shape index (κ3) is 4.38. The zero-order chi connectivity index (χ0) is 20.3. The van der Waals surface area contributed by atoms with Crippen molar-refractivity contribution in [1.29, 1.82) is 0 Å². The van der Waals surface area contributed by atoms with Gasteiger partial charge < -0.3 is 4.42 Å². The van der Waals surface area contributed by atoms with Crippen LogP contribution < -0.4 is 4.31 Å². The van der Waals surface area contributed by atoms with Gasteiger partial charge in [0, 0.05) is 19.1 Å². The van der Waals surface area contributed by atoms with Gasteiger partial charge in [-0.3, -0.25) is 9.21 Å². The number of piperidine rings is 1. The van der Waals surface area contributed by atoms with Crippen molar-refractivity contribution in [2.24, 2.45) is 0 Å².